The fourth-order valence-electron chi connectivity index (χ4n) is 3.62. The summed E-state index contributed by atoms with van der Waals surface area (Å²) in [5.41, 5.74) is 3.79. The van der Waals surface area contributed by atoms with Crippen LogP contribution in [0.4, 0.5) is 17.1 Å². The molecule has 3 aromatic rings. The van der Waals surface area contributed by atoms with Gasteiger partial charge in [-0.1, -0.05) is 55.2 Å². The van der Waals surface area contributed by atoms with Crippen LogP contribution < -0.4 is 15.5 Å². The third-order valence-corrected chi connectivity index (χ3v) is 6.31. The molecule has 0 saturated carbocycles. The van der Waals surface area contributed by atoms with Crippen molar-refractivity contribution >= 4 is 58.0 Å². The molecule has 35 heavy (non-hydrogen) atoms. The van der Waals surface area contributed by atoms with E-state index >= 15 is 0 Å². The summed E-state index contributed by atoms with van der Waals surface area (Å²) in [7, 11) is 0. The first-order valence-electron chi connectivity index (χ1n) is 11.0. The minimum atomic E-state index is -0.641. The topological polar surface area (TPSA) is 78.5 Å². The molecule has 0 saturated heterocycles. The maximum absolute atomic E-state index is 13.1. The quantitative estimate of drug-likeness (QED) is 0.375. The summed E-state index contributed by atoms with van der Waals surface area (Å²) in [6.07, 6.45) is 0. The van der Waals surface area contributed by atoms with E-state index in [1.54, 1.807) is 42.5 Å². The van der Waals surface area contributed by atoms with Gasteiger partial charge >= 0.3 is 0 Å². The third kappa shape index (κ3) is 5.09. The molecule has 0 aromatic heterocycles. The molecule has 0 atom stereocenters. The Morgan fingerprint density at radius 2 is 1.54 bits per heavy atom. The van der Waals surface area contributed by atoms with E-state index in [-0.39, 0.29) is 16.6 Å². The lowest BCUT2D eigenvalue weighted by molar-refractivity contribution is -0.120. The fraction of sp³-hybridized carbons (Fsp3) is 0.148. The Kier molecular flexibility index (Phi) is 6.96. The number of aryl methyl sites for hydroxylation is 1. The molecule has 0 fully saturated rings. The summed E-state index contributed by atoms with van der Waals surface area (Å²) in [6.45, 7) is 6.03. The highest BCUT2D eigenvalue weighted by molar-refractivity contribution is 6.53. The number of nitrogens with one attached hydrogen (secondary N) is 2. The molecule has 1 aliphatic heterocycles. The molecule has 8 heteroatoms. The van der Waals surface area contributed by atoms with Gasteiger partial charge in [0.1, 0.15) is 10.7 Å². The van der Waals surface area contributed by atoms with Crippen molar-refractivity contribution in [3.63, 3.8) is 0 Å². The van der Waals surface area contributed by atoms with Crippen LogP contribution in [-0.4, -0.2) is 17.7 Å². The van der Waals surface area contributed by atoms with Crippen LogP contribution in [0, 0.1) is 6.92 Å². The molecule has 4 rings (SSSR count). The van der Waals surface area contributed by atoms with Gasteiger partial charge in [-0.25, -0.2) is 4.90 Å². The lowest BCUT2D eigenvalue weighted by atomic mass is 10.0. The van der Waals surface area contributed by atoms with Gasteiger partial charge < -0.3 is 10.6 Å². The zero-order chi connectivity index (χ0) is 25.3. The van der Waals surface area contributed by atoms with Crippen molar-refractivity contribution in [1.82, 2.24) is 0 Å². The van der Waals surface area contributed by atoms with E-state index in [0.717, 1.165) is 10.5 Å². The van der Waals surface area contributed by atoms with Crippen LogP contribution in [0.1, 0.15) is 41.3 Å². The number of rotatable bonds is 6. The Morgan fingerprint density at radius 1 is 0.886 bits per heavy atom. The van der Waals surface area contributed by atoms with Crippen molar-refractivity contribution in [3.05, 3.63) is 99.2 Å². The molecule has 0 aliphatic carbocycles. The minimum Gasteiger partial charge on any atom is -0.349 e. The van der Waals surface area contributed by atoms with E-state index in [2.05, 4.69) is 24.5 Å². The smallest absolute Gasteiger partial charge is 0.283 e. The summed E-state index contributed by atoms with van der Waals surface area (Å²) in [4.78, 5) is 39.6. The van der Waals surface area contributed by atoms with Crippen LogP contribution >= 0.6 is 23.2 Å². The molecular formula is C27H23Cl2N3O3. The first-order chi connectivity index (χ1) is 16.7. The Labute approximate surface area is 213 Å². The fourth-order valence-corrected chi connectivity index (χ4v) is 3.96. The van der Waals surface area contributed by atoms with Crippen LogP contribution in [0.15, 0.2) is 77.5 Å². The van der Waals surface area contributed by atoms with Crippen LogP contribution in [0.5, 0.6) is 0 Å². The Bertz CT molecular complexity index is 1350. The summed E-state index contributed by atoms with van der Waals surface area (Å²) in [5.74, 6) is -1.14. The lowest BCUT2D eigenvalue weighted by Crippen LogP contribution is -2.32. The van der Waals surface area contributed by atoms with Gasteiger partial charge in [-0.15, -0.1) is 0 Å². The van der Waals surface area contributed by atoms with Crippen molar-refractivity contribution < 1.29 is 14.4 Å². The summed E-state index contributed by atoms with van der Waals surface area (Å²) in [5, 5.41) is 6.08. The predicted molar refractivity (Wildman–Crippen MR) is 140 cm³/mol. The van der Waals surface area contributed by atoms with E-state index in [4.69, 9.17) is 23.2 Å². The maximum Gasteiger partial charge on any atom is 0.283 e. The zero-order valence-corrected chi connectivity index (χ0v) is 20.9. The molecule has 0 unspecified atom stereocenters. The van der Waals surface area contributed by atoms with Gasteiger partial charge in [0.05, 0.1) is 5.69 Å². The van der Waals surface area contributed by atoms with Crippen molar-refractivity contribution in [2.45, 2.75) is 26.7 Å². The lowest BCUT2D eigenvalue weighted by Gasteiger charge is -2.16. The first kappa shape index (κ1) is 24.5. The van der Waals surface area contributed by atoms with Gasteiger partial charge in [0.25, 0.3) is 17.7 Å². The highest BCUT2D eigenvalue weighted by atomic mass is 35.5. The molecule has 0 radical (unpaired) electrons. The van der Waals surface area contributed by atoms with E-state index in [9.17, 15) is 14.4 Å². The minimum absolute atomic E-state index is 0.0588. The molecule has 178 valence electrons. The number of halogens is 2. The van der Waals surface area contributed by atoms with Crippen LogP contribution in [-0.2, 0) is 9.59 Å². The molecule has 0 bridgehead atoms. The average Bonchev–Trinajstić information content (AvgIpc) is 3.04. The highest BCUT2D eigenvalue weighted by Crippen LogP contribution is 2.32. The monoisotopic (exact) mass is 507 g/mol. The molecule has 2 N–H and O–H groups in total. The molecule has 0 spiro atoms. The van der Waals surface area contributed by atoms with E-state index in [0.29, 0.717) is 33.6 Å². The largest absolute Gasteiger partial charge is 0.349 e. The van der Waals surface area contributed by atoms with Gasteiger partial charge in [0, 0.05) is 22.0 Å². The Balaban J connectivity index is 1.54. The number of nitrogens with zero attached hydrogens (tertiary/aromatic N) is 1. The second-order valence-electron chi connectivity index (χ2n) is 8.50. The van der Waals surface area contributed by atoms with Gasteiger partial charge in [-0.3, -0.25) is 14.4 Å². The van der Waals surface area contributed by atoms with Gasteiger partial charge in [0.15, 0.2) is 0 Å². The number of hydrogen-bond acceptors (Lipinski definition) is 4. The van der Waals surface area contributed by atoms with Gasteiger partial charge in [-0.05, 0) is 72.5 Å². The van der Waals surface area contributed by atoms with Crippen molar-refractivity contribution in [1.29, 1.82) is 0 Å². The van der Waals surface area contributed by atoms with Gasteiger partial charge in [0.2, 0.25) is 0 Å². The predicted octanol–water partition coefficient (Wildman–Crippen LogP) is 6.46. The number of benzene rings is 3. The van der Waals surface area contributed by atoms with Crippen LogP contribution in [0.3, 0.4) is 0 Å². The van der Waals surface area contributed by atoms with Crippen molar-refractivity contribution in [2.24, 2.45) is 0 Å². The summed E-state index contributed by atoms with van der Waals surface area (Å²) in [6, 6.07) is 19.0. The second-order valence-corrected chi connectivity index (χ2v) is 9.31. The van der Waals surface area contributed by atoms with Crippen molar-refractivity contribution in [3.8, 4) is 0 Å². The normalized spacial score (nSPS) is 13.6. The number of carbonyl (C=O) groups is 3. The van der Waals surface area contributed by atoms with E-state index in [1.807, 2.05) is 31.2 Å². The molecule has 3 amide bonds. The molecule has 1 aliphatic rings. The highest BCUT2D eigenvalue weighted by Gasteiger charge is 2.39. The third-order valence-electron chi connectivity index (χ3n) is 5.71. The molecule has 3 aromatic carbocycles. The van der Waals surface area contributed by atoms with Crippen LogP contribution in [0.25, 0.3) is 0 Å². The maximum atomic E-state index is 13.1. The van der Waals surface area contributed by atoms with E-state index < -0.39 is 11.8 Å². The SMILES string of the molecule is Cc1ccc(C(=O)Nc2ccc(C(C)C)cc2)cc1NC1=C(Cl)C(=O)N(c2ccc(Cl)cc2)C1=O. The molecular weight excluding hydrogens is 485 g/mol. The molecule has 1 heterocycles. The first-order valence-corrected chi connectivity index (χ1v) is 11.7. The number of carbonyl (C=O) groups excluding carboxylic acids is 3. The number of amides is 3. The number of hydrogen-bond donors (Lipinski definition) is 2. The molecule has 6 nitrogen and oxygen atoms in total. The average molecular weight is 508 g/mol. The van der Waals surface area contributed by atoms with Gasteiger partial charge in [-0.2, -0.15) is 0 Å². The van der Waals surface area contributed by atoms with Crippen molar-refractivity contribution in [2.75, 3.05) is 15.5 Å². The Hall–Kier alpha value is -3.61. The van der Waals surface area contributed by atoms with Crippen LogP contribution in [0.2, 0.25) is 5.02 Å². The second kappa shape index (κ2) is 9.94. The summed E-state index contributed by atoms with van der Waals surface area (Å²) < 4.78 is 0. The number of anilines is 3. The Morgan fingerprint density at radius 3 is 2.17 bits per heavy atom. The standard InChI is InChI=1S/C27H23Cl2N3O3/c1-15(2)17-6-10-20(11-7-17)30-25(33)18-5-4-16(3)22(14-18)31-24-23(29)26(34)32(27(24)35)21-12-8-19(28)9-13-21/h4-15,31H,1-3H3,(H,30,33). The summed E-state index contributed by atoms with van der Waals surface area (Å²) >= 11 is 12.2. The zero-order valence-electron chi connectivity index (χ0n) is 19.4. The number of imide groups is 1. The van der Waals surface area contributed by atoms with E-state index in [1.165, 1.54) is 5.56 Å².